The van der Waals surface area contributed by atoms with Gasteiger partial charge in [0.05, 0.1) is 13.2 Å². The van der Waals surface area contributed by atoms with E-state index in [9.17, 15) is 0 Å². The van der Waals surface area contributed by atoms with Crippen molar-refractivity contribution in [2.45, 2.75) is 6.23 Å². The number of benzene rings is 5. The van der Waals surface area contributed by atoms with Crippen LogP contribution in [0.25, 0.3) is 43.8 Å². The number of rotatable bonds is 4. The summed E-state index contributed by atoms with van der Waals surface area (Å²) in [5.74, 6) is 0.744. The number of hydrogen-bond acceptors (Lipinski definition) is 4. The quantitative estimate of drug-likeness (QED) is 0.297. The summed E-state index contributed by atoms with van der Waals surface area (Å²) in [6.45, 7) is 3.05. The fourth-order valence-corrected chi connectivity index (χ4v) is 5.50. The van der Waals surface area contributed by atoms with E-state index in [1.807, 2.05) is 0 Å². The minimum atomic E-state index is -0.0153. The zero-order valence-electron chi connectivity index (χ0n) is 19.9. The van der Waals surface area contributed by atoms with E-state index in [2.05, 4.69) is 107 Å². The van der Waals surface area contributed by atoms with Crippen LogP contribution in [0.15, 0.2) is 102 Å². The average Bonchev–Trinajstić information content (AvgIpc) is 3.67. The molecule has 1 N–H and O–H groups in total. The SMILES string of the molecule is c1ccc2c(-c3ccc(C4NCCO4)cc3)c3ccccc3c(-c3ccc(C4=NCCO4)cc3)c2c1. The van der Waals surface area contributed by atoms with Crippen LogP contribution in [0.3, 0.4) is 0 Å². The van der Waals surface area contributed by atoms with Gasteiger partial charge in [-0.1, -0.05) is 84.9 Å². The van der Waals surface area contributed by atoms with Crippen LogP contribution in [0.2, 0.25) is 0 Å². The molecule has 4 nitrogen and oxygen atoms in total. The van der Waals surface area contributed by atoms with E-state index in [4.69, 9.17) is 9.47 Å². The Balaban J connectivity index is 1.42. The van der Waals surface area contributed by atoms with E-state index >= 15 is 0 Å². The third-order valence-corrected chi connectivity index (χ3v) is 7.16. The highest BCUT2D eigenvalue weighted by Gasteiger charge is 2.19. The highest BCUT2D eigenvalue weighted by molar-refractivity contribution is 6.21. The molecule has 2 aliphatic heterocycles. The number of aliphatic imine (C=N–C) groups is 1. The predicted octanol–water partition coefficient (Wildman–Crippen LogP) is 6.72. The predicted molar refractivity (Wildman–Crippen MR) is 146 cm³/mol. The highest BCUT2D eigenvalue weighted by atomic mass is 16.5. The summed E-state index contributed by atoms with van der Waals surface area (Å²) in [5.41, 5.74) is 7.12. The Hall–Kier alpha value is -3.99. The van der Waals surface area contributed by atoms with Crippen molar-refractivity contribution in [3.05, 3.63) is 108 Å². The first-order valence-electron chi connectivity index (χ1n) is 12.5. The van der Waals surface area contributed by atoms with E-state index in [0.717, 1.165) is 36.7 Å². The molecule has 5 aromatic rings. The molecule has 36 heavy (non-hydrogen) atoms. The number of ether oxygens (including phenoxy) is 2. The first-order chi connectivity index (χ1) is 17.9. The van der Waals surface area contributed by atoms with Crippen molar-refractivity contribution in [2.24, 2.45) is 4.99 Å². The minimum absolute atomic E-state index is 0.0153. The molecule has 5 aromatic carbocycles. The molecule has 1 unspecified atom stereocenters. The summed E-state index contributed by atoms with van der Waals surface area (Å²) in [4.78, 5) is 4.47. The van der Waals surface area contributed by atoms with Gasteiger partial charge in [0.15, 0.2) is 0 Å². The van der Waals surface area contributed by atoms with Gasteiger partial charge in [0.1, 0.15) is 12.8 Å². The minimum Gasteiger partial charge on any atom is -0.476 e. The van der Waals surface area contributed by atoms with Crippen LogP contribution in [0, 0.1) is 0 Å². The van der Waals surface area contributed by atoms with Crippen molar-refractivity contribution in [1.82, 2.24) is 5.32 Å². The van der Waals surface area contributed by atoms with Crippen LogP contribution in [-0.4, -0.2) is 32.2 Å². The second-order valence-electron chi connectivity index (χ2n) is 9.28. The molecule has 1 fully saturated rings. The van der Waals surface area contributed by atoms with Gasteiger partial charge in [-0.25, -0.2) is 4.99 Å². The number of hydrogen-bond donors (Lipinski definition) is 1. The van der Waals surface area contributed by atoms with Gasteiger partial charge in [-0.2, -0.15) is 0 Å². The van der Waals surface area contributed by atoms with E-state index in [1.54, 1.807) is 0 Å². The van der Waals surface area contributed by atoms with Crippen LogP contribution >= 0.6 is 0 Å². The lowest BCUT2D eigenvalue weighted by atomic mass is 9.85. The Morgan fingerprint density at radius 1 is 0.611 bits per heavy atom. The second-order valence-corrected chi connectivity index (χ2v) is 9.28. The Kier molecular flexibility index (Phi) is 5.27. The van der Waals surface area contributed by atoms with E-state index in [1.165, 1.54) is 43.8 Å². The molecule has 0 saturated carbocycles. The summed E-state index contributed by atoms with van der Waals surface area (Å²) in [5, 5.41) is 8.40. The average molecular weight is 471 g/mol. The van der Waals surface area contributed by atoms with Gasteiger partial charge in [-0.05, 0) is 61.5 Å². The molecular formula is C32H26N2O2. The van der Waals surface area contributed by atoms with Gasteiger partial charge < -0.3 is 9.47 Å². The van der Waals surface area contributed by atoms with Gasteiger partial charge >= 0.3 is 0 Å². The fraction of sp³-hybridized carbons (Fsp3) is 0.156. The van der Waals surface area contributed by atoms with Crippen molar-refractivity contribution in [3.63, 3.8) is 0 Å². The molecule has 2 heterocycles. The Morgan fingerprint density at radius 3 is 1.61 bits per heavy atom. The second kappa shape index (κ2) is 8.90. The molecule has 176 valence electrons. The maximum Gasteiger partial charge on any atom is 0.216 e. The van der Waals surface area contributed by atoms with Crippen LogP contribution in [0.4, 0.5) is 0 Å². The van der Waals surface area contributed by atoms with E-state index < -0.39 is 0 Å². The van der Waals surface area contributed by atoms with Crippen molar-refractivity contribution < 1.29 is 9.47 Å². The lowest BCUT2D eigenvalue weighted by molar-refractivity contribution is 0.102. The third kappa shape index (κ3) is 3.58. The van der Waals surface area contributed by atoms with Gasteiger partial charge in [-0.3, -0.25) is 5.32 Å². The molecule has 1 atom stereocenters. The zero-order chi connectivity index (χ0) is 23.9. The maximum atomic E-state index is 5.80. The van der Waals surface area contributed by atoms with E-state index in [-0.39, 0.29) is 6.23 Å². The van der Waals surface area contributed by atoms with Crippen LogP contribution in [0.1, 0.15) is 17.4 Å². The molecule has 0 bridgehead atoms. The molecule has 0 aliphatic carbocycles. The van der Waals surface area contributed by atoms with Crippen LogP contribution in [0.5, 0.6) is 0 Å². The molecule has 0 amide bonds. The fourth-order valence-electron chi connectivity index (χ4n) is 5.50. The smallest absolute Gasteiger partial charge is 0.216 e. The first-order valence-corrected chi connectivity index (χ1v) is 12.5. The van der Waals surface area contributed by atoms with Crippen molar-refractivity contribution >= 4 is 27.4 Å². The van der Waals surface area contributed by atoms with Crippen molar-refractivity contribution in [1.29, 1.82) is 0 Å². The monoisotopic (exact) mass is 470 g/mol. The number of fused-ring (bicyclic) bond motifs is 2. The van der Waals surface area contributed by atoms with Gasteiger partial charge in [-0.15, -0.1) is 0 Å². The molecule has 7 rings (SSSR count). The number of nitrogens with one attached hydrogen (secondary N) is 1. The van der Waals surface area contributed by atoms with E-state index in [0.29, 0.717) is 6.61 Å². The highest BCUT2D eigenvalue weighted by Crippen LogP contribution is 2.43. The normalized spacial score (nSPS) is 17.4. The summed E-state index contributed by atoms with van der Waals surface area (Å²) in [7, 11) is 0. The molecule has 1 saturated heterocycles. The van der Waals surface area contributed by atoms with Crippen LogP contribution in [-0.2, 0) is 9.47 Å². The topological polar surface area (TPSA) is 42.8 Å². The lowest BCUT2D eigenvalue weighted by Gasteiger charge is -2.18. The number of nitrogens with zero attached hydrogens (tertiary/aromatic N) is 1. The Bertz CT molecular complexity index is 1540. The molecule has 0 radical (unpaired) electrons. The van der Waals surface area contributed by atoms with Crippen LogP contribution < -0.4 is 5.32 Å². The van der Waals surface area contributed by atoms with Gasteiger partial charge in [0, 0.05) is 12.1 Å². The van der Waals surface area contributed by atoms with Crippen molar-refractivity contribution in [3.8, 4) is 22.3 Å². The summed E-state index contributed by atoms with van der Waals surface area (Å²) in [6.07, 6.45) is -0.0153. The molecule has 2 aliphatic rings. The summed E-state index contributed by atoms with van der Waals surface area (Å²) < 4.78 is 11.5. The van der Waals surface area contributed by atoms with Gasteiger partial charge in [0.2, 0.25) is 5.90 Å². The largest absolute Gasteiger partial charge is 0.476 e. The molecule has 0 spiro atoms. The Labute approximate surface area is 210 Å². The first kappa shape index (κ1) is 21.3. The maximum absolute atomic E-state index is 5.80. The molecule has 4 heteroatoms. The Morgan fingerprint density at radius 2 is 1.14 bits per heavy atom. The summed E-state index contributed by atoms with van der Waals surface area (Å²) >= 11 is 0. The summed E-state index contributed by atoms with van der Waals surface area (Å²) in [6, 6.07) is 34.9. The molecule has 0 aromatic heterocycles. The van der Waals surface area contributed by atoms with Crippen molar-refractivity contribution in [2.75, 3.05) is 26.3 Å². The van der Waals surface area contributed by atoms with Gasteiger partial charge in [0.25, 0.3) is 0 Å². The lowest BCUT2D eigenvalue weighted by Crippen LogP contribution is -2.13. The third-order valence-electron chi connectivity index (χ3n) is 7.16. The zero-order valence-corrected chi connectivity index (χ0v) is 19.9. The standard InChI is InChI=1S/C32H26N2O2/c1-2-6-26-25(5-1)29(21-9-13-23(14-10-21)31-33-17-19-35-31)27-7-3-4-8-28(27)30(26)22-11-15-24(16-12-22)32-34-18-20-36-32/h1-16,31,33H,17-20H2. The molecular weight excluding hydrogens is 444 g/mol.